The number of nitro groups is 1. The van der Waals surface area contributed by atoms with Gasteiger partial charge in [0, 0.05) is 16.7 Å². The summed E-state index contributed by atoms with van der Waals surface area (Å²) < 4.78 is 9.84. The quantitative estimate of drug-likeness (QED) is 0.343. The molecule has 24 heavy (non-hydrogen) atoms. The van der Waals surface area contributed by atoms with Gasteiger partial charge in [-0.3, -0.25) is 14.9 Å². The number of rotatable bonds is 6. The van der Waals surface area contributed by atoms with E-state index in [1.165, 1.54) is 31.4 Å². The average Bonchev–Trinajstić information content (AvgIpc) is 2.59. The number of carbonyl (C=O) groups excluding carboxylic acids is 2. The number of nitrogens with zero attached hydrogens (tertiary/aromatic N) is 1. The molecule has 0 saturated heterocycles. The van der Waals surface area contributed by atoms with Crippen LogP contribution in [0.4, 0.5) is 5.69 Å². The number of Topliss-reactive ketones (excluding diaryl/α,β-unsaturated/α-hetero) is 1. The summed E-state index contributed by atoms with van der Waals surface area (Å²) >= 11 is 5.68. The third kappa shape index (κ3) is 4.08. The van der Waals surface area contributed by atoms with E-state index in [1.807, 2.05) is 0 Å². The molecule has 0 radical (unpaired) electrons. The summed E-state index contributed by atoms with van der Waals surface area (Å²) in [5.41, 5.74) is -0.425. The van der Waals surface area contributed by atoms with Crippen LogP contribution in [0.1, 0.15) is 20.7 Å². The third-order valence-electron chi connectivity index (χ3n) is 3.12. The molecule has 0 saturated carbocycles. The number of halogens is 1. The van der Waals surface area contributed by atoms with Crippen LogP contribution in [0.3, 0.4) is 0 Å². The van der Waals surface area contributed by atoms with Crippen LogP contribution in [-0.4, -0.2) is 30.4 Å². The minimum absolute atomic E-state index is 0.118. The van der Waals surface area contributed by atoms with Crippen molar-refractivity contribution in [3.05, 3.63) is 68.7 Å². The Morgan fingerprint density at radius 3 is 2.42 bits per heavy atom. The predicted molar refractivity (Wildman–Crippen MR) is 85.7 cm³/mol. The highest BCUT2D eigenvalue weighted by Crippen LogP contribution is 2.24. The van der Waals surface area contributed by atoms with E-state index in [2.05, 4.69) is 0 Å². The highest BCUT2D eigenvalue weighted by Gasteiger charge is 2.22. The molecule has 0 aromatic heterocycles. The summed E-state index contributed by atoms with van der Waals surface area (Å²) in [5.74, 6) is -0.830. The molecule has 0 aliphatic carbocycles. The van der Waals surface area contributed by atoms with Crippen molar-refractivity contribution in [3.63, 3.8) is 0 Å². The van der Waals surface area contributed by atoms with Gasteiger partial charge in [0.05, 0.1) is 12.0 Å². The molecule has 0 fully saturated rings. The van der Waals surface area contributed by atoms with E-state index < -0.39 is 29.0 Å². The predicted octanol–water partition coefficient (Wildman–Crippen LogP) is 3.30. The molecule has 0 atom stereocenters. The van der Waals surface area contributed by atoms with Crippen LogP contribution in [0.2, 0.25) is 5.02 Å². The molecular formula is C16H12ClNO6. The zero-order valence-electron chi connectivity index (χ0n) is 12.5. The lowest BCUT2D eigenvalue weighted by Crippen LogP contribution is -2.15. The lowest BCUT2D eigenvalue weighted by molar-refractivity contribution is -0.385. The summed E-state index contributed by atoms with van der Waals surface area (Å²) in [6, 6.07) is 9.80. The molecule has 0 N–H and O–H groups in total. The first kappa shape index (κ1) is 17.4. The van der Waals surface area contributed by atoms with E-state index in [-0.39, 0.29) is 10.6 Å². The average molecular weight is 350 g/mol. The molecule has 0 unspecified atom stereocenters. The van der Waals surface area contributed by atoms with E-state index in [1.54, 1.807) is 12.1 Å². The number of ether oxygens (including phenoxy) is 2. The minimum Gasteiger partial charge on any atom is -0.497 e. The van der Waals surface area contributed by atoms with Gasteiger partial charge in [0.1, 0.15) is 11.3 Å². The number of benzene rings is 2. The Labute approximate surface area is 141 Å². The third-order valence-corrected chi connectivity index (χ3v) is 3.36. The van der Waals surface area contributed by atoms with Crippen LogP contribution in [0.15, 0.2) is 42.5 Å². The van der Waals surface area contributed by atoms with Crippen molar-refractivity contribution in [3.8, 4) is 5.75 Å². The molecular weight excluding hydrogens is 338 g/mol. The molecule has 0 aliphatic rings. The highest BCUT2D eigenvalue weighted by molar-refractivity contribution is 6.31. The van der Waals surface area contributed by atoms with Crippen molar-refractivity contribution in [2.45, 2.75) is 0 Å². The Balaban J connectivity index is 2.07. The van der Waals surface area contributed by atoms with Crippen LogP contribution in [0, 0.1) is 10.1 Å². The molecule has 2 aromatic carbocycles. The molecule has 0 heterocycles. The smallest absolute Gasteiger partial charge is 0.345 e. The second-order valence-corrected chi connectivity index (χ2v) is 5.08. The minimum atomic E-state index is -0.972. The maximum atomic E-state index is 12.0. The van der Waals surface area contributed by atoms with Crippen LogP contribution < -0.4 is 4.74 Å². The summed E-state index contributed by atoms with van der Waals surface area (Å²) in [6.07, 6.45) is 0. The zero-order valence-corrected chi connectivity index (χ0v) is 13.3. The molecule has 124 valence electrons. The van der Waals surface area contributed by atoms with Gasteiger partial charge >= 0.3 is 5.97 Å². The monoisotopic (exact) mass is 349 g/mol. The van der Waals surface area contributed by atoms with Gasteiger partial charge < -0.3 is 9.47 Å². The summed E-state index contributed by atoms with van der Waals surface area (Å²) in [5, 5.41) is 11.1. The van der Waals surface area contributed by atoms with Gasteiger partial charge in [0.2, 0.25) is 0 Å². The molecule has 0 amide bonds. The Kier molecular flexibility index (Phi) is 5.49. The fourth-order valence-corrected chi connectivity index (χ4v) is 2.06. The summed E-state index contributed by atoms with van der Waals surface area (Å²) in [4.78, 5) is 34.2. The fourth-order valence-electron chi connectivity index (χ4n) is 1.90. The van der Waals surface area contributed by atoms with Gasteiger partial charge in [-0.15, -0.1) is 0 Å². The van der Waals surface area contributed by atoms with Crippen molar-refractivity contribution < 1.29 is 24.0 Å². The van der Waals surface area contributed by atoms with Crippen molar-refractivity contribution in [1.29, 1.82) is 0 Å². The Morgan fingerprint density at radius 2 is 1.83 bits per heavy atom. The van der Waals surface area contributed by atoms with E-state index >= 15 is 0 Å². The largest absolute Gasteiger partial charge is 0.497 e. The maximum absolute atomic E-state index is 12.0. The van der Waals surface area contributed by atoms with Gasteiger partial charge in [-0.25, -0.2) is 4.79 Å². The topological polar surface area (TPSA) is 95.7 Å². The van der Waals surface area contributed by atoms with Gasteiger partial charge in [0.15, 0.2) is 12.4 Å². The second kappa shape index (κ2) is 7.56. The number of nitro benzene ring substituents is 1. The van der Waals surface area contributed by atoms with Gasteiger partial charge in [-0.2, -0.15) is 0 Å². The summed E-state index contributed by atoms with van der Waals surface area (Å²) in [7, 11) is 1.50. The second-order valence-electron chi connectivity index (χ2n) is 4.65. The number of ketones is 1. The van der Waals surface area contributed by atoms with E-state index in [0.29, 0.717) is 11.3 Å². The first-order chi connectivity index (χ1) is 11.4. The molecule has 2 rings (SSSR count). The van der Waals surface area contributed by atoms with Crippen LogP contribution in [0.5, 0.6) is 5.75 Å². The van der Waals surface area contributed by atoms with Crippen molar-refractivity contribution in [2.75, 3.05) is 13.7 Å². The summed E-state index contributed by atoms with van der Waals surface area (Å²) in [6.45, 7) is -0.537. The number of methoxy groups -OCH3 is 1. The van der Waals surface area contributed by atoms with Crippen molar-refractivity contribution >= 4 is 29.0 Å². The SMILES string of the molecule is COc1ccc(C(=O)COC(=O)c2ccc(Cl)cc2[N+](=O)[O-])cc1. The fraction of sp³-hybridized carbons (Fsp3) is 0.125. The Hall–Kier alpha value is -2.93. The number of hydrogen-bond acceptors (Lipinski definition) is 6. The maximum Gasteiger partial charge on any atom is 0.345 e. The van der Waals surface area contributed by atoms with Crippen molar-refractivity contribution in [1.82, 2.24) is 0 Å². The molecule has 2 aromatic rings. The zero-order chi connectivity index (χ0) is 17.7. The van der Waals surface area contributed by atoms with E-state index in [4.69, 9.17) is 21.1 Å². The van der Waals surface area contributed by atoms with Crippen molar-refractivity contribution in [2.24, 2.45) is 0 Å². The van der Waals surface area contributed by atoms with E-state index in [9.17, 15) is 19.7 Å². The molecule has 7 nitrogen and oxygen atoms in total. The number of esters is 1. The Bertz CT molecular complexity index is 788. The molecule has 8 heteroatoms. The first-order valence-corrected chi connectivity index (χ1v) is 7.08. The van der Waals surface area contributed by atoms with Crippen LogP contribution in [-0.2, 0) is 4.74 Å². The molecule has 0 spiro atoms. The van der Waals surface area contributed by atoms with Gasteiger partial charge in [-0.05, 0) is 36.4 Å². The van der Waals surface area contributed by atoms with Crippen LogP contribution in [0.25, 0.3) is 0 Å². The molecule has 0 aliphatic heterocycles. The lowest BCUT2D eigenvalue weighted by atomic mass is 10.1. The van der Waals surface area contributed by atoms with Crippen LogP contribution >= 0.6 is 11.6 Å². The number of carbonyl (C=O) groups is 2. The Morgan fingerprint density at radius 1 is 1.17 bits per heavy atom. The van der Waals surface area contributed by atoms with E-state index in [0.717, 1.165) is 6.07 Å². The first-order valence-electron chi connectivity index (χ1n) is 6.70. The molecule has 0 bridgehead atoms. The highest BCUT2D eigenvalue weighted by atomic mass is 35.5. The van der Waals surface area contributed by atoms with Gasteiger partial charge in [-0.1, -0.05) is 11.6 Å². The standard InChI is InChI=1S/C16H12ClNO6/c1-23-12-5-2-10(3-6-12)15(19)9-24-16(20)13-7-4-11(17)8-14(13)18(21)22/h2-8H,9H2,1H3. The number of hydrogen-bond donors (Lipinski definition) is 0. The lowest BCUT2D eigenvalue weighted by Gasteiger charge is -2.06. The normalized spacial score (nSPS) is 10.1. The van der Waals surface area contributed by atoms with Gasteiger partial charge in [0.25, 0.3) is 5.69 Å².